The average molecular weight is 513 g/mol. The molecule has 0 radical (unpaired) electrons. The minimum absolute atomic E-state index is 0.000836. The highest BCUT2D eigenvalue weighted by molar-refractivity contribution is 6.06. The summed E-state index contributed by atoms with van der Waals surface area (Å²) in [7, 11) is 0. The Labute approximate surface area is 225 Å². The van der Waals surface area contributed by atoms with Gasteiger partial charge in [0.25, 0.3) is 5.91 Å². The van der Waals surface area contributed by atoms with E-state index in [1.54, 1.807) is 16.7 Å². The van der Waals surface area contributed by atoms with E-state index in [1.807, 2.05) is 80.6 Å². The zero-order chi connectivity index (χ0) is 27.1. The number of ether oxygens (including phenoxy) is 1. The fourth-order valence-electron chi connectivity index (χ4n) is 4.86. The van der Waals surface area contributed by atoms with Gasteiger partial charge >= 0.3 is 5.97 Å². The summed E-state index contributed by atoms with van der Waals surface area (Å²) in [6, 6.07) is 23.4. The topological polar surface area (TPSA) is 66.9 Å². The summed E-state index contributed by atoms with van der Waals surface area (Å²) in [6.45, 7) is 7.69. The van der Waals surface area contributed by atoms with Crippen molar-refractivity contribution in [1.82, 2.24) is 4.90 Å². The molecular weight excluding hydrogens is 476 g/mol. The molecule has 3 aromatic carbocycles. The molecule has 0 N–H and O–H groups in total. The second-order valence-corrected chi connectivity index (χ2v) is 10.0. The summed E-state index contributed by atoms with van der Waals surface area (Å²) < 4.78 is 5.16. The van der Waals surface area contributed by atoms with Crippen LogP contribution < -0.4 is 4.90 Å². The number of esters is 1. The van der Waals surface area contributed by atoms with Gasteiger partial charge in [0.05, 0.1) is 25.5 Å². The van der Waals surface area contributed by atoms with E-state index in [-0.39, 0.29) is 30.1 Å². The first-order valence-electron chi connectivity index (χ1n) is 13.3. The Balaban J connectivity index is 1.49. The van der Waals surface area contributed by atoms with Gasteiger partial charge in [-0.25, -0.2) is 0 Å². The van der Waals surface area contributed by atoms with Crippen molar-refractivity contribution in [2.24, 2.45) is 5.92 Å². The number of hydrogen-bond donors (Lipinski definition) is 0. The monoisotopic (exact) mass is 512 g/mol. The molecule has 1 aliphatic heterocycles. The molecule has 0 aromatic heterocycles. The quantitative estimate of drug-likeness (QED) is 0.374. The zero-order valence-electron chi connectivity index (χ0n) is 22.5. The Morgan fingerprint density at radius 2 is 1.66 bits per heavy atom. The number of benzene rings is 3. The van der Waals surface area contributed by atoms with E-state index in [0.717, 1.165) is 40.8 Å². The van der Waals surface area contributed by atoms with Crippen molar-refractivity contribution in [2.45, 2.75) is 46.6 Å². The minimum atomic E-state index is -0.252. The van der Waals surface area contributed by atoms with Gasteiger partial charge < -0.3 is 14.5 Å². The third-order valence-electron chi connectivity index (χ3n) is 6.96. The average Bonchev–Trinajstić information content (AvgIpc) is 2.92. The molecule has 6 heteroatoms. The number of rotatable bonds is 8. The molecule has 0 spiro atoms. The molecule has 1 aliphatic rings. The lowest BCUT2D eigenvalue weighted by atomic mass is 9.97. The van der Waals surface area contributed by atoms with Crippen LogP contribution in [0.25, 0.3) is 0 Å². The van der Waals surface area contributed by atoms with E-state index in [1.165, 1.54) is 0 Å². The third kappa shape index (κ3) is 6.88. The molecule has 6 nitrogen and oxygen atoms in total. The molecule has 0 saturated carbocycles. The number of hydrogen-bond acceptors (Lipinski definition) is 4. The highest BCUT2D eigenvalue weighted by Crippen LogP contribution is 2.23. The minimum Gasteiger partial charge on any atom is -0.466 e. The smallest absolute Gasteiger partial charge is 0.310 e. The van der Waals surface area contributed by atoms with Crippen LogP contribution in [0.4, 0.5) is 5.69 Å². The lowest BCUT2D eigenvalue weighted by Gasteiger charge is -2.31. The number of carbonyl (C=O) groups is 3. The highest BCUT2D eigenvalue weighted by Gasteiger charge is 2.29. The van der Waals surface area contributed by atoms with E-state index in [2.05, 4.69) is 6.07 Å². The molecule has 1 fully saturated rings. The summed E-state index contributed by atoms with van der Waals surface area (Å²) in [5.41, 5.74) is 5.56. The number of carbonyl (C=O) groups excluding carboxylic acids is 3. The Hall–Kier alpha value is -3.93. The molecule has 4 rings (SSSR count). The SMILES string of the molecule is CCOC(=O)[C@@H]1CCCN(C(=O)Cc2ccc(N(Cc3cccc(C)c3)C(=O)c3ccc(C)cc3)cc2)C1. The molecule has 1 atom stereocenters. The Morgan fingerprint density at radius 3 is 2.34 bits per heavy atom. The van der Waals surface area contributed by atoms with E-state index < -0.39 is 0 Å². The van der Waals surface area contributed by atoms with Crippen LogP contribution >= 0.6 is 0 Å². The Kier molecular flexibility index (Phi) is 8.95. The molecule has 0 aliphatic carbocycles. The van der Waals surface area contributed by atoms with Crippen LogP contribution in [0, 0.1) is 19.8 Å². The predicted molar refractivity (Wildman–Crippen MR) is 149 cm³/mol. The van der Waals surface area contributed by atoms with Gasteiger partial charge in [0.2, 0.25) is 5.91 Å². The summed E-state index contributed by atoms with van der Waals surface area (Å²) in [5, 5.41) is 0. The van der Waals surface area contributed by atoms with Crippen LogP contribution in [-0.4, -0.2) is 42.4 Å². The fraction of sp³-hybridized carbons (Fsp3) is 0.344. The van der Waals surface area contributed by atoms with Crippen LogP contribution in [0.15, 0.2) is 72.8 Å². The highest BCUT2D eigenvalue weighted by atomic mass is 16.5. The van der Waals surface area contributed by atoms with Gasteiger partial charge in [-0.3, -0.25) is 14.4 Å². The van der Waals surface area contributed by atoms with E-state index in [9.17, 15) is 14.4 Å². The molecule has 0 bridgehead atoms. The first-order valence-corrected chi connectivity index (χ1v) is 13.3. The number of likely N-dealkylation sites (tertiary alicyclic amines) is 1. The lowest BCUT2D eigenvalue weighted by molar-refractivity contribution is -0.151. The van der Waals surface area contributed by atoms with Crippen molar-refractivity contribution >= 4 is 23.5 Å². The zero-order valence-corrected chi connectivity index (χ0v) is 22.5. The van der Waals surface area contributed by atoms with E-state index in [0.29, 0.717) is 31.8 Å². The van der Waals surface area contributed by atoms with E-state index in [4.69, 9.17) is 4.74 Å². The largest absolute Gasteiger partial charge is 0.466 e. The van der Waals surface area contributed by atoms with Gasteiger partial charge in [0.1, 0.15) is 0 Å². The van der Waals surface area contributed by atoms with Gasteiger partial charge in [-0.15, -0.1) is 0 Å². The number of nitrogens with zero attached hydrogens (tertiary/aromatic N) is 2. The normalized spacial score (nSPS) is 15.1. The maximum absolute atomic E-state index is 13.6. The first-order chi connectivity index (χ1) is 18.3. The summed E-state index contributed by atoms with van der Waals surface area (Å²) in [4.78, 5) is 42.3. The van der Waals surface area contributed by atoms with Crippen molar-refractivity contribution in [3.05, 3.63) is 101 Å². The second kappa shape index (κ2) is 12.5. The number of piperidine rings is 1. The van der Waals surface area contributed by atoms with Crippen molar-refractivity contribution < 1.29 is 19.1 Å². The number of anilines is 1. The van der Waals surface area contributed by atoms with Crippen molar-refractivity contribution in [3.8, 4) is 0 Å². The summed E-state index contributed by atoms with van der Waals surface area (Å²) >= 11 is 0. The maximum Gasteiger partial charge on any atom is 0.310 e. The van der Waals surface area contributed by atoms with Gasteiger partial charge in [0, 0.05) is 24.3 Å². The van der Waals surface area contributed by atoms with Crippen LogP contribution in [-0.2, 0) is 27.3 Å². The summed E-state index contributed by atoms with van der Waals surface area (Å²) in [6.07, 6.45) is 1.80. The van der Waals surface area contributed by atoms with Gasteiger partial charge in [-0.1, -0.05) is 59.7 Å². The standard InChI is InChI=1S/C32H36N2O4/c1-4-38-32(37)28-9-6-18-33(22-28)30(35)20-25-12-16-29(17-13-25)34(21-26-8-5-7-24(3)19-26)31(36)27-14-10-23(2)11-15-27/h5,7-8,10-17,19,28H,4,6,9,18,20-22H2,1-3H3/t28-/m1/s1. The lowest BCUT2D eigenvalue weighted by Crippen LogP contribution is -2.43. The molecule has 38 heavy (non-hydrogen) atoms. The third-order valence-corrected chi connectivity index (χ3v) is 6.96. The molecule has 2 amide bonds. The van der Waals surface area contributed by atoms with Crippen LogP contribution in [0.5, 0.6) is 0 Å². The Morgan fingerprint density at radius 1 is 0.921 bits per heavy atom. The van der Waals surface area contributed by atoms with Crippen LogP contribution in [0.1, 0.15) is 52.4 Å². The van der Waals surface area contributed by atoms with Crippen molar-refractivity contribution in [2.75, 3.05) is 24.6 Å². The Bertz CT molecular complexity index is 1270. The first kappa shape index (κ1) is 27.1. The maximum atomic E-state index is 13.6. The van der Waals surface area contributed by atoms with Crippen molar-refractivity contribution in [3.63, 3.8) is 0 Å². The second-order valence-electron chi connectivity index (χ2n) is 10.0. The molecule has 1 heterocycles. The summed E-state index contributed by atoms with van der Waals surface area (Å²) in [5.74, 6) is -0.549. The predicted octanol–water partition coefficient (Wildman–Crippen LogP) is 5.49. The fourth-order valence-corrected chi connectivity index (χ4v) is 4.86. The van der Waals surface area contributed by atoms with Gasteiger partial charge in [-0.05, 0) is 69.0 Å². The molecule has 3 aromatic rings. The number of aryl methyl sites for hydroxylation is 2. The van der Waals surface area contributed by atoms with Crippen LogP contribution in [0.3, 0.4) is 0 Å². The molecular formula is C32H36N2O4. The van der Waals surface area contributed by atoms with Crippen LogP contribution in [0.2, 0.25) is 0 Å². The van der Waals surface area contributed by atoms with Gasteiger partial charge in [0.15, 0.2) is 0 Å². The van der Waals surface area contributed by atoms with E-state index >= 15 is 0 Å². The molecule has 198 valence electrons. The number of amides is 2. The van der Waals surface area contributed by atoms with Crippen molar-refractivity contribution in [1.29, 1.82) is 0 Å². The molecule has 1 saturated heterocycles. The molecule has 0 unspecified atom stereocenters. The van der Waals surface area contributed by atoms with Gasteiger partial charge in [-0.2, -0.15) is 0 Å².